The van der Waals surface area contributed by atoms with Crippen LogP contribution in [0, 0.1) is 5.82 Å². The fraction of sp³-hybridized carbons (Fsp3) is 0.250. The van der Waals surface area contributed by atoms with E-state index in [-0.39, 0.29) is 5.82 Å². The molecular weight excluding hydrogens is 257 g/mol. The van der Waals surface area contributed by atoms with Gasteiger partial charge in [0.1, 0.15) is 22.9 Å². The standard InChI is InChI=1S/C16H16FNO2/c1-2-6-18-10-16-13(5-7-19-16)15-9-11-8-12(17)3-4-14(11)20-15/h3-5,7-9,18H,2,6,10H2,1H3. The highest BCUT2D eigenvalue weighted by molar-refractivity contribution is 5.83. The zero-order valence-corrected chi connectivity index (χ0v) is 11.3. The number of hydrogen-bond acceptors (Lipinski definition) is 3. The molecule has 2 heterocycles. The van der Waals surface area contributed by atoms with Gasteiger partial charge in [-0.05, 0) is 43.3 Å². The first-order valence-corrected chi connectivity index (χ1v) is 6.74. The average molecular weight is 273 g/mol. The summed E-state index contributed by atoms with van der Waals surface area (Å²) in [5, 5.41) is 4.05. The third-order valence-corrected chi connectivity index (χ3v) is 3.20. The molecule has 0 radical (unpaired) electrons. The highest BCUT2D eigenvalue weighted by Gasteiger charge is 2.13. The third-order valence-electron chi connectivity index (χ3n) is 3.20. The van der Waals surface area contributed by atoms with Crippen LogP contribution in [-0.2, 0) is 6.54 Å². The molecule has 0 saturated heterocycles. The Labute approximate surface area is 116 Å². The first-order chi connectivity index (χ1) is 9.78. The van der Waals surface area contributed by atoms with Gasteiger partial charge in [-0.25, -0.2) is 4.39 Å². The molecule has 0 bridgehead atoms. The van der Waals surface area contributed by atoms with E-state index >= 15 is 0 Å². The predicted molar refractivity (Wildman–Crippen MR) is 75.9 cm³/mol. The van der Waals surface area contributed by atoms with E-state index < -0.39 is 0 Å². The fourth-order valence-electron chi connectivity index (χ4n) is 2.22. The van der Waals surface area contributed by atoms with Crippen LogP contribution in [0.25, 0.3) is 22.3 Å². The Morgan fingerprint density at radius 2 is 2.10 bits per heavy atom. The maximum absolute atomic E-state index is 13.2. The van der Waals surface area contributed by atoms with Crippen molar-refractivity contribution in [1.29, 1.82) is 0 Å². The van der Waals surface area contributed by atoms with Crippen LogP contribution < -0.4 is 5.32 Å². The molecular formula is C16H16FNO2. The molecule has 0 amide bonds. The molecule has 0 aliphatic rings. The quantitative estimate of drug-likeness (QED) is 0.703. The van der Waals surface area contributed by atoms with Crippen molar-refractivity contribution in [3.05, 3.63) is 48.2 Å². The van der Waals surface area contributed by atoms with Crippen molar-refractivity contribution in [1.82, 2.24) is 5.32 Å². The van der Waals surface area contributed by atoms with Crippen LogP contribution in [0.1, 0.15) is 19.1 Å². The van der Waals surface area contributed by atoms with Crippen LogP contribution >= 0.6 is 0 Å². The van der Waals surface area contributed by atoms with Gasteiger partial charge in [-0.15, -0.1) is 0 Å². The predicted octanol–water partition coefficient (Wildman–Crippen LogP) is 4.33. The van der Waals surface area contributed by atoms with E-state index in [9.17, 15) is 4.39 Å². The Bertz CT molecular complexity index is 714. The van der Waals surface area contributed by atoms with Gasteiger partial charge >= 0.3 is 0 Å². The van der Waals surface area contributed by atoms with E-state index in [0.29, 0.717) is 17.9 Å². The smallest absolute Gasteiger partial charge is 0.138 e. The molecule has 3 nitrogen and oxygen atoms in total. The van der Waals surface area contributed by atoms with Crippen LogP contribution in [-0.4, -0.2) is 6.54 Å². The number of fused-ring (bicyclic) bond motifs is 1. The van der Waals surface area contributed by atoms with Gasteiger partial charge in [0, 0.05) is 5.39 Å². The molecule has 0 saturated carbocycles. The highest BCUT2D eigenvalue weighted by Crippen LogP contribution is 2.31. The van der Waals surface area contributed by atoms with Crippen LogP contribution in [0.2, 0.25) is 0 Å². The summed E-state index contributed by atoms with van der Waals surface area (Å²) in [7, 11) is 0. The summed E-state index contributed by atoms with van der Waals surface area (Å²) in [4.78, 5) is 0. The van der Waals surface area contributed by atoms with E-state index in [1.807, 2.05) is 12.1 Å². The van der Waals surface area contributed by atoms with Crippen molar-refractivity contribution in [2.75, 3.05) is 6.54 Å². The molecule has 0 aliphatic carbocycles. The Balaban J connectivity index is 1.92. The Kier molecular flexibility index (Phi) is 3.56. The first kappa shape index (κ1) is 12.9. The lowest BCUT2D eigenvalue weighted by Gasteiger charge is -2.01. The summed E-state index contributed by atoms with van der Waals surface area (Å²) in [6.07, 6.45) is 2.71. The summed E-state index contributed by atoms with van der Waals surface area (Å²) in [6, 6.07) is 8.22. The summed E-state index contributed by atoms with van der Waals surface area (Å²) in [6.45, 7) is 3.71. The maximum atomic E-state index is 13.2. The van der Waals surface area contributed by atoms with Crippen LogP contribution in [0.3, 0.4) is 0 Å². The van der Waals surface area contributed by atoms with Crippen molar-refractivity contribution < 1.29 is 13.2 Å². The number of halogens is 1. The van der Waals surface area contributed by atoms with Gasteiger partial charge in [-0.2, -0.15) is 0 Å². The minimum absolute atomic E-state index is 0.262. The molecule has 2 aromatic heterocycles. The fourth-order valence-corrected chi connectivity index (χ4v) is 2.22. The Morgan fingerprint density at radius 1 is 1.20 bits per heavy atom. The molecule has 0 fully saturated rings. The van der Waals surface area contributed by atoms with Crippen molar-refractivity contribution >= 4 is 11.0 Å². The number of furan rings is 2. The van der Waals surface area contributed by atoms with Gasteiger partial charge in [0.2, 0.25) is 0 Å². The van der Waals surface area contributed by atoms with E-state index in [0.717, 1.165) is 29.7 Å². The second kappa shape index (κ2) is 5.51. The second-order valence-corrected chi connectivity index (χ2v) is 4.73. The normalized spacial score (nSPS) is 11.3. The summed E-state index contributed by atoms with van der Waals surface area (Å²) in [5.74, 6) is 1.27. The largest absolute Gasteiger partial charge is 0.467 e. The lowest BCUT2D eigenvalue weighted by Crippen LogP contribution is -2.13. The molecule has 4 heteroatoms. The molecule has 0 spiro atoms. The highest BCUT2D eigenvalue weighted by atomic mass is 19.1. The molecule has 104 valence electrons. The lowest BCUT2D eigenvalue weighted by atomic mass is 10.1. The molecule has 0 aliphatic heterocycles. The van der Waals surface area contributed by atoms with Gasteiger partial charge in [0.05, 0.1) is 18.4 Å². The monoisotopic (exact) mass is 273 g/mol. The van der Waals surface area contributed by atoms with Crippen LogP contribution in [0.4, 0.5) is 4.39 Å². The number of nitrogens with one attached hydrogen (secondary N) is 1. The minimum Gasteiger partial charge on any atom is -0.467 e. The maximum Gasteiger partial charge on any atom is 0.138 e. The zero-order chi connectivity index (χ0) is 13.9. The average Bonchev–Trinajstić information content (AvgIpc) is 3.04. The van der Waals surface area contributed by atoms with E-state index in [1.54, 1.807) is 12.3 Å². The van der Waals surface area contributed by atoms with Crippen molar-refractivity contribution in [2.24, 2.45) is 0 Å². The van der Waals surface area contributed by atoms with Gasteiger partial charge in [-0.1, -0.05) is 6.92 Å². The molecule has 3 aromatic rings. The van der Waals surface area contributed by atoms with Gasteiger partial charge in [-0.3, -0.25) is 0 Å². The van der Waals surface area contributed by atoms with Crippen LogP contribution in [0.15, 0.2) is 45.4 Å². The topological polar surface area (TPSA) is 38.3 Å². The van der Waals surface area contributed by atoms with E-state index in [4.69, 9.17) is 8.83 Å². The third kappa shape index (κ3) is 2.47. The minimum atomic E-state index is -0.262. The van der Waals surface area contributed by atoms with E-state index in [2.05, 4.69) is 12.2 Å². The van der Waals surface area contributed by atoms with E-state index in [1.165, 1.54) is 12.1 Å². The summed E-state index contributed by atoms with van der Waals surface area (Å²) >= 11 is 0. The summed E-state index contributed by atoms with van der Waals surface area (Å²) in [5.41, 5.74) is 1.58. The molecule has 3 rings (SSSR count). The van der Waals surface area contributed by atoms with Gasteiger partial charge in [0.25, 0.3) is 0 Å². The Morgan fingerprint density at radius 3 is 2.95 bits per heavy atom. The van der Waals surface area contributed by atoms with Gasteiger partial charge in [0.15, 0.2) is 0 Å². The number of hydrogen-bond donors (Lipinski definition) is 1. The molecule has 0 atom stereocenters. The molecule has 1 aromatic carbocycles. The molecule has 0 unspecified atom stereocenters. The van der Waals surface area contributed by atoms with Gasteiger partial charge < -0.3 is 14.2 Å². The summed E-state index contributed by atoms with van der Waals surface area (Å²) < 4.78 is 24.5. The molecule has 20 heavy (non-hydrogen) atoms. The van der Waals surface area contributed by atoms with Crippen molar-refractivity contribution in [3.63, 3.8) is 0 Å². The zero-order valence-electron chi connectivity index (χ0n) is 11.3. The number of benzene rings is 1. The second-order valence-electron chi connectivity index (χ2n) is 4.73. The lowest BCUT2D eigenvalue weighted by molar-refractivity contribution is 0.482. The Hall–Kier alpha value is -2.07. The SMILES string of the molecule is CCCNCc1occc1-c1cc2cc(F)ccc2o1. The van der Waals surface area contributed by atoms with Crippen molar-refractivity contribution in [2.45, 2.75) is 19.9 Å². The van der Waals surface area contributed by atoms with Crippen LogP contribution in [0.5, 0.6) is 0 Å². The number of rotatable bonds is 5. The molecule has 1 N–H and O–H groups in total. The first-order valence-electron chi connectivity index (χ1n) is 6.74. The van der Waals surface area contributed by atoms with Crippen molar-refractivity contribution in [3.8, 4) is 11.3 Å².